The molecule has 0 bridgehead atoms. The van der Waals surface area contributed by atoms with E-state index in [0.717, 1.165) is 6.07 Å². The molecule has 0 radical (unpaired) electrons. The molecule has 15 heavy (non-hydrogen) atoms. The number of hydrogen-bond donors (Lipinski definition) is 1. The lowest BCUT2D eigenvalue weighted by atomic mass is 10.1. The highest BCUT2D eigenvalue weighted by Gasteiger charge is 2.15. The van der Waals surface area contributed by atoms with Crippen molar-refractivity contribution in [1.29, 1.82) is 5.26 Å². The molecule has 3 nitrogen and oxygen atoms in total. The molecular formula is C9H7BrF2N2O. The summed E-state index contributed by atoms with van der Waals surface area (Å²) in [5, 5.41) is 8.82. The van der Waals surface area contributed by atoms with Gasteiger partial charge in [-0.3, -0.25) is 4.79 Å². The number of aromatic amines is 1. The number of hydrogen-bond acceptors (Lipinski definition) is 2. The quantitative estimate of drug-likeness (QED) is 0.861. The standard InChI is InChI=1S/C9H7BrF2N2O/c10-4-7-5(1-2-13)3-6(8(11)12)9(15)14-7/h3,8H,1,4H2,(H,14,15). The Balaban J connectivity index is 3.31. The van der Waals surface area contributed by atoms with E-state index in [1.807, 2.05) is 6.07 Å². The highest BCUT2D eigenvalue weighted by molar-refractivity contribution is 9.08. The highest BCUT2D eigenvalue weighted by Crippen LogP contribution is 2.18. The lowest BCUT2D eigenvalue weighted by molar-refractivity contribution is 0.149. The second-order valence-electron chi connectivity index (χ2n) is 2.83. The average molecular weight is 277 g/mol. The summed E-state index contributed by atoms with van der Waals surface area (Å²) >= 11 is 3.11. The molecule has 0 fully saturated rings. The van der Waals surface area contributed by atoms with Crippen LogP contribution >= 0.6 is 15.9 Å². The van der Waals surface area contributed by atoms with Gasteiger partial charge in [0.25, 0.3) is 12.0 Å². The number of pyridine rings is 1. The number of aromatic nitrogens is 1. The molecule has 0 saturated carbocycles. The van der Waals surface area contributed by atoms with Gasteiger partial charge in [-0.25, -0.2) is 8.78 Å². The maximum Gasteiger partial charge on any atom is 0.269 e. The van der Waals surface area contributed by atoms with Crippen molar-refractivity contribution in [1.82, 2.24) is 4.98 Å². The predicted octanol–water partition coefficient (Wildman–Crippen LogP) is 2.27. The van der Waals surface area contributed by atoms with Crippen molar-refractivity contribution >= 4 is 15.9 Å². The smallest absolute Gasteiger partial charge is 0.269 e. The third kappa shape index (κ3) is 2.63. The van der Waals surface area contributed by atoms with Gasteiger partial charge in [-0.15, -0.1) is 0 Å². The molecule has 0 spiro atoms. The second kappa shape index (κ2) is 5.03. The molecule has 80 valence electrons. The summed E-state index contributed by atoms with van der Waals surface area (Å²) in [4.78, 5) is 13.5. The van der Waals surface area contributed by atoms with Crippen molar-refractivity contribution in [2.45, 2.75) is 18.2 Å². The maximum absolute atomic E-state index is 12.4. The minimum atomic E-state index is -2.82. The summed E-state index contributed by atoms with van der Waals surface area (Å²) in [5.41, 5.74) is -0.513. The Labute approximate surface area is 92.9 Å². The van der Waals surface area contributed by atoms with E-state index < -0.39 is 17.5 Å². The van der Waals surface area contributed by atoms with E-state index in [4.69, 9.17) is 5.26 Å². The van der Waals surface area contributed by atoms with Crippen LogP contribution in [0.1, 0.15) is 23.2 Å². The first-order valence-electron chi connectivity index (χ1n) is 4.06. The lowest BCUT2D eigenvalue weighted by Crippen LogP contribution is -2.16. The molecule has 0 unspecified atom stereocenters. The van der Waals surface area contributed by atoms with Crippen LogP contribution in [0.2, 0.25) is 0 Å². The van der Waals surface area contributed by atoms with Gasteiger partial charge in [0.05, 0.1) is 18.1 Å². The molecule has 0 amide bonds. The highest BCUT2D eigenvalue weighted by atomic mass is 79.9. The summed E-state index contributed by atoms with van der Waals surface area (Å²) in [6.45, 7) is 0. The number of nitrogens with one attached hydrogen (secondary N) is 1. The van der Waals surface area contributed by atoms with Crippen LogP contribution in [-0.2, 0) is 11.8 Å². The van der Waals surface area contributed by atoms with Gasteiger partial charge >= 0.3 is 0 Å². The van der Waals surface area contributed by atoms with Gasteiger partial charge in [0, 0.05) is 11.0 Å². The topological polar surface area (TPSA) is 56.6 Å². The van der Waals surface area contributed by atoms with E-state index >= 15 is 0 Å². The first kappa shape index (κ1) is 11.9. The number of H-pyrrole nitrogens is 1. The first-order chi connectivity index (χ1) is 7.10. The molecule has 6 heteroatoms. The predicted molar refractivity (Wildman–Crippen MR) is 54.0 cm³/mol. The number of nitrogens with zero attached hydrogens (tertiary/aromatic N) is 1. The van der Waals surface area contributed by atoms with Crippen molar-refractivity contribution in [3.05, 3.63) is 33.2 Å². The normalized spacial score (nSPS) is 10.3. The van der Waals surface area contributed by atoms with Gasteiger partial charge in [-0.05, 0) is 11.6 Å². The molecule has 1 N–H and O–H groups in total. The Morgan fingerprint density at radius 2 is 2.27 bits per heavy atom. The van der Waals surface area contributed by atoms with E-state index in [9.17, 15) is 13.6 Å². The van der Waals surface area contributed by atoms with Crippen LogP contribution in [0.4, 0.5) is 8.78 Å². The Morgan fingerprint density at radius 3 is 2.73 bits per heavy atom. The molecule has 1 aromatic rings. The number of rotatable bonds is 3. The van der Waals surface area contributed by atoms with Gasteiger partial charge in [0.2, 0.25) is 0 Å². The number of alkyl halides is 3. The van der Waals surface area contributed by atoms with E-state index in [0.29, 0.717) is 16.6 Å². The van der Waals surface area contributed by atoms with Crippen molar-refractivity contribution in [3.63, 3.8) is 0 Å². The Morgan fingerprint density at radius 1 is 1.60 bits per heavy atom. The van der Waals surface area contributed by atoms with Gasteiger partial charge in [-0.2, -0.15) is 5.26 Å². The molecular weight excluding hydrogens is 270 g/mol. The summed E-state index contributed by atoms with van der Waals surface area (Å²) in [6.07, 6.45) is -2.83. The van der Waals surface area contributed by atoms with E-state index in [1.54, 1.807) is 0 Å². The molecule has 1 heterocycles. The molecule has 0 aromatic carbocycles. The van der Waals surface area contributed by atoms with Crippen LogP contribution < -0.4 is 5.56 Å². The van der Waals surface area contributed by atoms with E-state index in [-0.39, 0.29) is 6.42 Å². The summed E-state index contributed by atoms with van der Waals surface area (Å²) in [7, 11) is 0. The molecule has 0 aliphatic carbocycles. The SMILES string of the molecule is N#CCc1cc(C(F)F)c(=O)[nH]c1CBr. The summed E-state index contributed by atoms with van der Waals surface area (Å²) < 4.78 is 24.7. The first-order valence-corrected chi connectivity index (χ1v) is 5.18. The second-order valence-corrected chi connectivity index (χ2v) is 3.39. The van der Waals surface area contributed by atoms with Crippen LogP contribution in [0.3, 0.4) is 0 Å². The van der Waals surface area contributed by atoms with Crippen molar-refractivity contribution in [2.24, 2.45) is 0 Å². The van der Waals surface area contributed by atoms with E-state index in [2.05, 4.69) is 20.9 Å². The largest absolute Gasteiger partial charge is 0.325 e. The summed E-state index contributed by atoms with van der Waals surface area (Å²) in [6, 6.07) is 2.94. The van der Waals surface area contributed by atoms with E-state index in [1.165, 1.54) is 0 Å². The summed E-state index contributed by atoms with van der Waals surface area (Å²) in [5.74, 6) is 0. The average Bonchev–Trinajstić information content (AvgIpc) is 2.20. The van der Waals surface area contributed by atoms with Gasteiger partial charge in [-0.1, -0.05) is 15.9 Å². The zero-order valence-corrected chi connectivity index (χ0v) is 9.14. The van der Waals surface area contributed by atoms with Crippen LogP contribution in [0.25, 0.3) is 0 Å². The third-order valence-electron chi connectivity index (χ3n) is 1.88. The molecule has 0 atom stereocenters. The fourth-order valence-corrected chi connectivity index (χ4v) is 1.65. The number of nitriles is 1. The Kier molecular flexibility index (Phi) is 3.97. The third-order valence-corrected chi connectivity index (χ3v) is 2.44. The van der Waals surface area contributed by atoms with Gasteiger partial charge in [0.15, 0.2) is 0 Å². The van der Waals surface area contributed by atoms with Crippen LogP contribution in [0.15, 0.2) is 10.9 Å². The molecule has 0 aliphatic heterocycles. The van der Waals surface area contributed by atoms with Crippen molar-refractivity contribution in [3.8, 4) is 6.07 Å². The number of halogens is 3. The Hall–Kier alpha value is -1.22. The zero-order valence-electron chi connectivity index (χ0n) is 7.56. The Bertz CT molecular complexity index is 450. The molecule has 1 aromatic heterocycles. The van der Waals surface area contributed by atoms with Gasteiger partial charge < -0.3 is 4.98 Å². The molecule has 1 rings (SSSR count). The van der Waals surface area contributed by atoms with Crippen molar-refractivity contribution < 1.29 is 8.78 Å². The van der Waals surface area contributed by atoms with Crippen LogP contribution in [0.5, 0.6) is 0 Å². The van der Waals surface area contributed by atoms with Gasteiger partial charge in [0.1, 0.15) is 0 Å². The fraction of sp³-hybridized carbons (Fsp3) is 0.333. The van der Waals surface area contributed by atoms with Crippen LogP contribution in [-0.4, -0.2) is 4.98 Å². The monoisotopic (exact) mass is 276 g/mol. The molecule has 0 saturated heterocycles. The maximum atomic E-state index is 12.4. The lowest BCUT2D eigenvalue weighted by Gasteiger charge is -2.06. The molecule has 0 aliphatic rings. The van der Waals surface area contributed by atoms with Crippen LogP contribution in [0, 0.1) is 11.3 Å². The minimum Gasteiger partial charge on any atom is -0.325 e. The fourth-order valence-electron chi connectivity index (χ4n) is 1.15. The zero-order chi connectivity index (χ0) is 11.4. The van der Waals surface area contributed by atoms with Crippen molar-refractivity contribution in [2.75, 3.05) is 0 Å². The minimum absolute atomic E-state index is 0.00255.